The van der Waals surface area contributed by atoms with Crippen LogP contribution in [0.2, 0.25) is 0 Å². The quantitative estimate of drug-likeness (QED) is 0.529. The molecule has 1 aliphatic carbocycles. The van der Waals surface area contributed by atoms with Crippen molar-refractivity contribution in [2.45, 2.75) is 26.7 Å². The van der Waals surface area contributed by atoms with Crippen LogP contribution < -0.4 is 0 Å². The van der Waals surface area contributed by atoms with Crippen LogP contribution in [-0.2, 0) is 9.59 Å². The van der Waals surface area contributed by atoms with Crippen molar-refractivity contribution >= 4 is 75.7 Å². The molecule has 0 amide bonds. The van der Waals surface area contributed by atoms with Crippen LogP contribution in [0.25, 0.3) is 0 Å². The van der Waals surface area contributed by atoms with E-state index in [0.717, 1.165) is 0 Å². The Hall–Kier alpha value is 0.340. The van der Waals surface area contributed by atoms with E-state index >= 15 is 0 Å². The van der Waals surface area contributed by atoms with Gasteiger partial charge in [0.15, 0.2) is 0 Å². The average molecular weight is 540 g/mol. The van der Waals surface area contributed by atoms with Crippen molar-refractivity contribution in [3.8, 4) is 0 Å². The Labute approximate surface area is 150 Å². The van der Waals surface area contributed by atoms with Gasteiger partial charge in [0.25, 0.3) is 0 Å². The Morgan fingerprint density at radius 1 is 0.850 bits per heavy atom. The van der Waals surface area contributed by atoms with E-state index in [9.17, 15) is 19.8 Å². The fourth-order valence-corrected chi connectivity index (χ4v) is 6.29. The Bertz CT molecular complexity index is 492. The Morgan fingerprint density at radius 3 is 1.25 bits per heavy atom. The van der Waals surface area contributed by atoms with Gasteiger partial charge in [-0.1, -0.05) is 45.7 Å². The third-order valence-electron chi connectivity index (χ3n) is 3.85. The summed E-state index contributed by atoms with van der Waals surface area (Å²) in [7, 11) is 0. The number of halogens is 4. The van der Waals surface area contributed by atoms with Gasteiger partial charge in [0.1, 0.15) is 10.8 Å². The zero-order chi connectivity index (χ0) is 15.9. The van der Waals surface area contributed by atoms with Gasteiger partial charge < -0.3 is 10.2 Å². The molecule has 0 fully saturated rings. The summed E-state index contributed by atoms with van der Waals surface area (Å²) in [4.78, 5) is 24.0. The van der Waals surface area contributed by atoms with Gasteiger partial charge in [0.05, 0.1) is 0 Å². The third kappa shape index (κ3) is 2.09. The van der Waals surface area contributed by atoms with E-state index in [0.29, 0.717) is 17.9 Å². The van der Waals surface area contributed by atoms with Gasteiger partial charge in [-0.2, -0.15) is 0 Å². The number of aliphatic carboxylic acids is 2. The van der Waals surface area contributed by atoms with Crippen LogP contribution in [0.3, 0.4) is 0 Å². The highest BCUT2D eigenvalue weighted by molar-refractivity contribution is 9.17. The molecular weight excluding hydrogens is 528 g/mol. The molecule has 2 N–H and O–H groups in total. The van der Waals surface area contributed by atoms with Crippen LogP contribution in [0.1, 0.15) is 26.7 Å². The summed E-state index contributed by atoms with van der Waals surface area (Å²) >= 11 is 13.2. The smallest absolute Gasteiger partial charge is 0.316 e. The topological polar surface area (TPSA) is 74.6 Å². The average Bonchev–Trinajstić information content (AvgIpc) is 2.39. The van der Waals surface area contributed by atoms with E-state index in [4.69, 9.17) is 0 Å². The number of hydrogen-bond acceptors (Lipinski definition) is 2. The summed E-state index contributed by atoms with van der Waals surface area (Å²) in [6, 6.07) is 0. The van der Waals surface area contributed by atoms with Gasteiger partial charge in [-0.3, -0.25) is 9.59 Å². The fraction of sp³-hybridized carbons (Fsp3) is 0.500. The predicted octanol–water partition coefficient (Wildman–Crippen LogP) is 4.96. The molecule has 2 atom stereocenters. The first-order valence-corrected chi connectivity index (χ1v) is 8.90. The molecule has 0 saturated carbocycles. The molecular formula is C12H12Br4O4. The van der Waals surface area contributed by atoms with Crippen molar-refractivity contribution in [3.63, 3.8) is 0 Å². The standard InChI is InChI=1S/C12H12Br4O4/c1-3-11(9(17)18)7(15)5(13)6(14)8(16)12(11,4-2)10(19)20/h3-4H2,1-2H3,(H,17,18)(H,19,20). The summed E-state index contributed by atoms with van der Waals surface area (Å²) in [5.41, 5.74) is -3.16. The summed E-state index contributed by atoms with van der Waals surface area (Å²) < 4.78 is 1.64. The lowest BCUT2D eigenvalue weighted by molar-refractivity contribution is -0.166. The van der Waals surface area contributed by atoms with Crippen LogP contribution in [0, 0.1) is 10.8 Å². The van der Waals surface area contributed by atoms with Crippen LogP contribution in [-0.4, -0.2) is 22.2 Å². The minimum absolute atomic E-state index is 0.132. The Morgan fingerprint density at radius 2 is 1.10 bits per heavy atom. The number of carboxylic acids is 2. The van der Waals surface area contributed by atoms with Crippen molar-refractivity contribution in [1.29, 1.82) is 0 Å². The maximum Gasteiger partial charge on any atom is 0.316 e. The van der Waals surface area contributed by atoms with Gasteiger partial charge in [-0.05, 0) is 44.7 Å². The normalized spacial score (nSPS) is 30.7. The van der Waals surface area contributed by atoms with E-state index in [1.807, 2.05) is 0 Å². The first-order chi connectivity index (χ1) is 9.14. The second kappa shape index (κ2) is 6.22. The van der Waals surface area contributed by atoms with E-state index < -0.39 is 22.8 Å². The van der Waals surface area contributed by atoms with Crippen molar-refractivity contribution < 1.29 is 19.8 Å². The van der Waals surface area contributed by atoms with Crippen molar-refractivity contribution in [1.82, 2.24) is 0 Å². The molecule has 20 heavy (non-hydrogen) atoms. The maximum absolute atomic E-state index is 12.0. The second-order valence-corrected chi connectivity index (χ2v) is 7.56. The van der Waals surface area contributed by atoms with E-state index in [2.05, 4.69) is 63.7 Å². The Kier molecular flexibility index (Phi) is 5.72. The fourth-order valence-electron chi connectivity index (χ4n) is 2.71. The van der Waals surface area contributed by atoms with E-state index in [1.54, 1.807) is 13.8 Å². The molecule has 0 aromatic carbocycles. The SMILES string of the molecule is CCC1(C(=O)O)C(Br)=C(Br)C(Br)=C(Br)C1(CC)C(=O)O. The van der Waals surface area contributed by atoms with Crippen LogP contribution in [0.4, 0.5) is 0 Å². The van der Waals surface area contributed by atoms with Crippen LogP contribution in [0.5, 0.6) is 0 Å². The molecule has 0 heterocycles. The molecule has 0 saturated heterocycles. The zero-order valence-corrected chi connectivity index (χ0v) is 17.0. The van der Waals surface area contributed by atoms with E-state index in [1.165, 1.54) is 0 Å². The number of rotatable bonds is 4. The monoisotopic (exact) mass is 536 g/mol. The lowest BCUT2D eigenvalue weighted by atomic mass is 9.58. The largest absolute Gasteiger partial charge is 0.481 e. The van der Waals surface area contributed by atoms with Gasteiger partial charge in [-0.15, -0.1) is 0 Å². The second-order valence-electron chi connectivity index (χ2n) is 4.38. The molecule has 0 aliphatic heterocycles. The van der Waals surface area contributed by atoms with Gasteiger partial charge in [0, 0.05) is 17.9 Å². The zero-order valence-electron chi connectivity index (χ0n) is 10.6. The number of allylic oxidation sites excluding steroid dienone is 2. The molecule has 2 unspecified atom stereocenters. The number of carboxylic acid groups (broad SMARTS) is 2. The third-order valence-corrected chi connectivity index (χ3v) is 9.18. The first kappa shape index (κ1) is 18.4. The van der Waals surface area contributed by atoms with Crippen molar-refractivity contribution in [3.05, 3.63) is 17.9 Å². The molecule has 4 nitrogen and oxygen atoms in total. The van der Waals surface area contributed by atoms with Gasteiger partial charge in [-0.25, -0.2) is 0 Å². The highest BCUT2D eigenvalue weighted by Crippen LogP contribution is 2.64. The molecule has 0 aromatic rings. The first-order valence-electron chi connectivity index (χ1n) is 5.73. The van der Waals surface area contributed by atoms with Crippen molar-refractivity contribution in [2.24, 2.45) is 10.8 Å². The molecule has 0 bridgehead atoms. The van der Waals surface area contributed by atoms with Gasteiger partial charge >= 0.3 is 11.9 Å². The highest BCUT2D eigenvalue weighted by Gasteiger charge is 2.65. The molecule has 0 spiro atoms. The molecule has 0 radical (unpaired) electrons. The Balaban J connectivity index is 3.95. The number of hydrogen-bond donors (Lipinski definition) is 2. The van der Waals surface area contributed by atoms with Gasteiger partial charge in [0.2, 0.25) is 0 Å². The highest BCUT2D eigenvalue weighted by atomic mass is 79.9. The maximum atomic E-state index is 12.0. The summed E-state index contributed by atoms with van der Waals surface area (Å²) in [5.74, 6) is -2.35. The predicted molar refractivity (Wildman–Crippen MR) is 90.5 cm³/mol. The molecule has 1 rings (SSSR count). The minimum Gasteiger partial charge on any atom is -0.481 e. The summed E-state index contributed by atoms with van der Waals surface area (Å²) in [5, 5.41) is 19.6. The lowest BCUT2D eigenvalue weighted by Crippen LogP contribution is -2.54. The van der Waals surface area contributed by atoms with E-state index in [-0.39, 0.29) is 12.8 Å². The van der Waals surface area contributed by atoms with Crippen LogP contribution in [0.15, 0.2) is 17.9 Å². The summed E-state index contributed by atoms with van der Waals surface area (Å²) in [6.07, 6.45) is 0.265. The molecule has 112 valence electrons. The minimum atomic E-state index is -1.58. The van der Waals surface area contributed by atoms with Crippen molar-refractivity contribution in [2.75, 3.05) is 0 Å². The molecule has 1 aliphatic rings. The lowest BCUT2D eigenvalue weighted by Gasteiger charge is -2.47. The molecule has 8 heteroatoms. The summed E-state index contributed by atoms with van der Waals surface area (Å²) in [6.45, 7) is 3.34. The number of carbonyl (C=O) groups is 2. The molecule has 0 aromatic heterocycles. The van der Waals surface area contributed by atoms with Crippen LogP contribution >= 0.6 is 63.7 Å².